The molecule has 1 N–H and O–H groups in total. The lowest BCUT2D eigenvalue weighted by Gasteiger charge is -2.35. The lowest BCUT2D eigenvalue weighted by molar-refractivity contribution is -0.124. The van der Waals surface area contributed by atoms with Crippen LogP contribution in [-0.4, -0.2) is 22.7 Å². The summed E-state index contributed by atoms with van der Waals surface area (Å²) in [6, 6.07) is 6.04. The van der Waals surface area contributed by atoms with Gasteiger partial charge in [-0.25, -0.2) is 0 Å². The highest BCUT2D eigenvalue weighted by atomic mass is 16.5. The molecular formula is C20H27N3O3. The van der Waals surface area contributed by atoms with E-state index >= 15 is 0 Å². The van der Waals surface area contributed by atoms with E-state index in [0.717, 1.165) is 37.0 Å². The monoisotopic (exact) mass is 357 g/mol. The fourth-order valence-electron chi connectivity index (χ4n) is 3.60. The SMILES string of the molecule is Cc1ccc(OCCC(=O)NC2(c3noc(C)n3)CCCCC2)c(C)c1. The van der Waals surface area contributed by atoms with Gasteiger partial charge in [0, 0.05) is 6.92 Å². The smallest absolute Gasteiger partial charge is 0.224 e. The molecule has 0 atom stereocenters. The van der Waals surface area contributed by atoms with Crippen molar-refractivity contribution >= 4 is 5.91 Å². The van der Waals surface area contributed by atoms with Gasteiger partial charge in [0.25, 0.3) is 0 Å². The summed E-state index contributed by atoms with van der Waals surface area (Å²) in [5.41, 5.74) is 1.77. The normalized spacial score (nSPS) is 16.3. The van der Waals surface area contributed by atoms with Crippen LogP contribution < -0.4 is 10.1 Å². The highest BCUT2D eigenvalue weighted by Crippen LogP contribution is 2.35. The Morgan fingerprint density at radius 1 is 1.23 bits per heavy atom. The molecular weight excluding hydrogens is 330 g/mol. The molecule has 0 aliphatic heterocycles. The summed E-state index contributed by atoms with van der Waals surface area (Å²) in [6.07, 6.45) is 5.25. The molecule has 0 bridgehead atoms. The third-order valence-electron chi connectivity index (χ3n) is 4.96. The summed E-state index contributed by atoms with van der Waals surface area (Å²) in [5, 5.41) is 7.25. The van der Waals surface area contributed by atoms with E-state index in [0.29, 0.717) is 24.7 Å². The van der Waals surface area contributed by atoms with Crippen molar-refractivity contribution in [2.75, 3.05) is 6.61 Å². The van der Waals surface area contributed by atoms with Crippen molar-refractivity contribution in [3.63, 3.8) is 0 Å². The maximum atomic E-state index is 12.5. The number of nitrogens with one attached hydrogen (secondary N) is 1. The van der Waals surface area contributed by atoms with Crippen molar-refractivity contribution in [1.29, 1.82) is 0 Å². The Hall–Kier alpha value is -2.37. The average molecular weight is 357 g/mol. The summed E-state index contributed by atoms with van der Waals surface area (Å²) in [4.78, 5) is 16.9. The molecule has 0 unspecified atom stereocenters. The Morgan fingerprint density at radius 3 is 2.65 bits per heavy atom. The Labute approximate surface area is 154 Å². The summed E-state index contributed by atoms with van der Waals surface area (Å²) >= 11 is 0. The van der Waals surface area contributed by atoms with Crippen molar-refractivity contribution in [3.8, 4) is 5.75 Å². The van der Waals surface area contributed by atoms with Crippen molar-refractivity contribution in [2.24, 2.45) is 0 Å². The topological polar surface area (TPSA) is 77.2 Å². The fourth-order valence-corrected chi connectivity index (χ4v) is 3.60. The van der Waals surface area contributed by atoms with E-state index < -0.39 is 5.54 Å². The minimum atomic E-state index is -0.507. The number of carbonyl (C=O) groups excluding carboxylic acids is 1. The first-order chi connectivity index (χ1) is 12.5. The number of carbonyl (C=O) groups is 1. The summed E-state index contributed by atoms with van der Waals surface area (Å²) in [6.45, 7) is 6.18. The van der Waals surface area contributed by atoms with Crippen LogP contribution in [0, 0.1) is 20.8 Å². The first kappa shape index (κ1) is 18.4. The zero-order chi connectivity index (χ0) is 18.6. The van der Waals surface area contributed by atoms with E-state index in [4.69, 9.17) is 9.26 Å². The van der Waals surface area contributed by atoms with Gasteiger partial charge in [-0.15, -0.1) is 0 Å². The van der Waals surface area contributed by atoms with E-state index in [1.807, 2.05) is 26.0 Å². The van der Waals surface area contributed by atoms with Crippen LogP contribution in [0.3, 0.4) is 0 Å². The van der Waals surface area contributed by atoms with Crippen molar-refractivity contribution in [2.45, 2.75) is 64.8 Å². The first-order valence-electron chi connectivity index (χ1n) is 9.30. The number of hydrogen-bond acceptors (Lipinski definition) is 5. The van der Waals surface area contributed by atoms with Gasteiger partial charge in [0.15, 0.2) is 5.82 Å². The van der Waals surface area contributed by atoms with Crippen LogP contribution in [0.5, 0.6) is 5.75 Å². The maximum Gasteiger partial charge on any atom is 0.224 e. The van der Waals surface area contributed by atoms with Gasteiger partial charge in [-0.05, 0) is 38.3 Å². The number of rotatable bonds is 6. The van der Waals surface area contributed by atoms with Crippen LogP contribution in [0.1, 0.15) is 61.4 Å². The Morgan fingerprint density at radius 2 is 2.00 bits per heavy atom. The number of nitrogens with zero attached hydrogens (tertiary/aromatic N) is 2. The summed E-state index contributed by atoms with van der Waals surface area (Å²) < 4.78 is 10.9. The standard InChI is InChI=1S/C20H27N3O3/c1-14-7-8-17(15(2)13-14)25-12-9-18(24)22-20(10-5-4-6-11-20)19-21-16(3)26-23-19/h7-8,13H,4-6,9-12H2,1-3H3,(H,22,24). The molecule has 6 nitrogen and oxygen atoms in total. The van der Waals surface area contributed by atoms with E-state index in [1.165, 1.54) is 12.0 Å². The van der Waals surface area contributed by atoms with Crippen LogP contribution in [-0.2, 0) is 10.3 Å². The molecule has 1 aliphatic carbocycles. The Kier molecular flexibility index (Phi) is 5.59. The molecule has 1 heterocycles. The van der Waals surface area contributed by atoms with E-state index in [9.17, 15) is 4.79 Å². The van der Waals surface area contributed by atoms with Crippen LogP contribution in [0.15, 0.2) is 22.7 Å². The Bertz CT molecular complexity index is 763. The quantitative estimate of drug-likeness (QED) is 0.852. The third-order valence-corrected chi connectivity index (χ3v) is 4.96. The van der Waals surface area contributed by atoms with E-state index in [2.05, 4.69) is 21.5 Å². The second kappa shape index (κ2) is 7.89. The van der Waals surface area contributed by atoms with Gasteiger partial charge < -0.3 is 14.6 Å². The van der Waals surface area contributed by atoms with E-state index in [-0.39, 0.29) is 5.91 Å². The van der Waals surface area contributed by atoms with Gasteiger partial charge in [-0.1, -0.05) is 42.1 Å². The number of aryl methyl sites for hydroxylation is 3. The van der Waals surface area contributed by atoms with Crippen LogP contribution >= 0.6 is 0 Å². The average Bonchev–Trinajstić information content (AvgIpc) is 3.05. The van der Waals surface area contributed by atoms with Gasteiger partial charge >= 0.3 is 0 Å². The number of amides is 1. The molecule has 2 aromatic rings. The lowest BCUT2D eigenvalue weighted by Crippen LogP contribution is -2.48. The van der Waals surface area contributed by atoms with Crippen molar-refractivity contribution < 1.29 is 14.1 Å². The molecule has 1 aromatic carbocycles. The molecule has 1 aromatic heterocycles. The van der Waals surface area contributed by atoms with Gasteiger partial charge in [-0.3, -0.25) is 4.79 Å². The maximum absolute atomic E-state index is 12.5. The molecule has 1 aliphatic rings. The predicted octanol–water partition coefficient (Wildman–Crippen LogP) is 3.74. The summed E-state index contributed by atoms with van der Waals surface area (Å²) in [7, 11) is 0. The molecule has 140 valence electrons. The van der Waals surface area contributed by atoms with Gasteiger partial charge in [0.1, 0.15) is 11.3 Å². The minimum absolute atomic E-state index is 0.0425. The highest BCUT2D eigenvalue weighted by molar-refractivity contribution is 5.77. The predicted molar refractivity (Wildman–Crippen MR) is 98.0 cm³/mol. The third kappa shape index (κ3) is 4.23. The zero-order valence-corrected chi connectivity index (χ0v) is 15.8. The molecule has 6 heteroatoms. The van der Waals surface area contributed by atoms with Crippen molar-refractivity contribution in [3.05, 3.63) is 41.0 Å². The zero-order valence-electron chi connectivity index (χ0n) is 15.8. The van der Waals surface area contributed by atoms with E-state index in [1.54, 1.807) is 6.92 Å². The number of ether oxygens (including phenoxy) is 1. The number of hydrogen-bond donors (Lipinski definition) is 1. The van der Waals surface area contributed by atoms with Crippen LogP contribution in [0.25, 0.3) is 0 Å². The molecule has 26 heavy (non-hydrogen) atoms. The van der Waals surface area contributed by atoms with Gasteiger partial charge in [0.05, 0.1) is 13.0 Å². The molecule has 0 radical (unpaired) electrons. The second-order valence-electron chi connectivity index (χ2n) is 7.20. The van der Waals surface area contributed by atoms with Crippen molar-refractivity contribution in [1.82, 2.24) is 15.5 Å². The molecule has 1 amide bonds. The minimum Gasteiger partial charge on any atom is -0.493 e. The first-order valence-corrected chi connectivity index (χ1v) is 9.30. The van der Waals surface area contributed by atoms with Gasteiger partial charge in [-0.2, -0.15) is 4.98 Å². The molecule has 0 spiro atoms. The molecule has 1 saturated carbocycles. The lowest BCUT2D eigenvalue weighted by atomic mass is 9.81. The molecule has 0 saturated heterocycles. The molecule has 3 rings (SSSR count). The second-order valence-corrected chi connectivity index (χ2v) is 7.20. The summed E-state index contributed by atoms with van der Waals surface area (Å²) in [5.74, 6) is 1.90. The highest BCUT2D eigenvalue weighted by Gasteiger charge is 2.39. The largest absolute Gasteiger partial charge is 0.493 e. The van der Waals surface area contributed by atoms with Crippen LogP contribution in [0.4, 0.5) is 0 Å². The number of benzene rings is 1. The molecule has 1 fully saturated rings. The fraction of sp³-hybridized carbons (Fsp3) is 0.550. The Balaban J connectivity index is 1.59. The van der Waals surface area contributed by atoms with Gasteiger partial charge in [0.2, 0.25) is 11.8 Å². The van der Waals surface area contributed by atoms with Crippen LogP contribution in [0.2, 0.25) is 0 Å². The number of aromatic nitrogens is 2.